The van der Waals surface area contributed by atoms with Gasteiger partial charge in [-0.05, 0) is 85.4 Å². The fourth-order valence-electron chi connectivity index (χ4n) is 11.5. The summed E-state index contributed by atoms with van der Waals surface area (Å²) in [7, 11) is 2.92. The summed E-state index contributed by atoms with van der Waals surface area (Å²) < 4.78 is 44.9. The molecular weight excluding hydrogens is 1040 g/mol. The molecule has 1 unspecified atom stereocenters. The standard InChI is InChI=1S/C56H61F2N11O7.C2H3N.CH2O/c1-4-40-43(57)10-7-36-29-39(71)30-42(46(36)40)49-48(58)50-47(53(61-49)75-3)51(68-25-23-67(24-26-68)45(72)11-16-59)63-55(62-50)76-34-56(14-15-56)33-65-21-19-64(20-22-65)31-35-12-17-66(18-13-35)38-8-9-41-37(28-38)32-69(54(41)74)44(6-5-27-70)52(73)60-2;1-2-3;1-2/h1,7-10,27-30,35,44,71H,5-6,11-15,17-26,31-34H2,2-3H3,(H,60,73);1H3;1H2. The number of phenols is 1. The number of carbonyl (C=O) groups is 5. The van der Waals surface area contributed by atoms with Crippen LogP contribution in [0.5, 0.6) is 17.6 Å². The SMILES string of the molecule is C#Cc1c(F)ccc2cc(O)cc(-c3nc(OC)c4c(N5CCN(C(=O)CC#N)CC5)nc(OCC5(CN6CCN(CC7CCN(c8ccc9c(c8)CN(C(CCC=O)C(=O)NC)C9=O)CC7)CC6)CC5)nc4c3F)c12.C=O.CC#N. The number of nitrogens with one attached hydrogen (secondary N) is 1. The predicted octanol–water partition coefficient (Wildman–Crippen LogP) is 5.47. The van der Waals surface area contributed by atoms with Crippen LogP contribution in [0.4, 0.5) is 20.3 Å². The third-order valence-electron chi connectivity index (χ3n) is 15.9. The minimum absolute atomic E-state index is 0.0271. The number of nitrogens with zero attached hydrogens (tertiary/aromatic N) is 11. The van der Waals surface area contributed by atoms with E-state index in [0.717, 1.165) is 95.6 Å². The average molecular weight is 1110 g/mol. The van der Waals surface area contributed by atoms with Crippen LogP contribution < -0.4 is 24.6 Å². The number of terminal acetylenes is 1. The van der Waals surface area contributed by atoms with E-state index in [9.17, 15) is 24.3 Å². The van der Waals surface area contributed by atoms with E-state index >= 15 is 8.78 Å². The molecule has 2 aromatic heterocycles. The van der Waals surface area contributed by atoms with Crippen molar-refractivity contribution in [2.24, 2.45) is 11.3 Å². The second-order valence-corrected chi connectivity index (χ2v) is 20.9. The summed E-state index contributed by atoms with van der Waals surface area (Å²) >= 11 is 0. The number of phenolic OH excluding ortho intramolecular Hbond substituents is 1. The number of rotatable bonds is 17. The minimum atomic E-state index is -0.885. The number of piperidine rings is 1. The zero-order valence-corrected chi connectivity index (χ0v) is 45.9. The number of ether oxygens (including phenoxy) is 2. The number of carbonyl (C=O) groups excluding carboxylic acids is 5. The van der Waals surface area contributed by atoms with Crippen LogP contribution >= 0.6 is 0 Å². The van der Waals surface area contributed by atoms with Crippen LogP contribution in [0.15, 0.2) is 42.5 Å². The number of nitriles is 2. The number of aromatic hydroxyl groups is 1. The number of methoxy groups -OCH3 is 1. The molecule has 3 saturated heterocycles. The first-order valence-corrected chi connectivity index (χ1v) is 27.0. The molecule has 20 nitrogen and oxygen atoms in total. The molecule has 10 rings (SSSR count). The lowest BCUT2D eigenvalue weighted by Crippen LogP contribution is -2.50. The Labute approximate surface area is 469 Å². The highest BCUT2D eigenvalue weighted by molar-refractivity contribution is 6.04. The fourth-order valence-corrected chi connectivity index (χ4v) is 11.5. The van der Waals surface area contributed by atoms with Gasteiger partial charge in [0.15, 0.2) is 5.82 Å². The number of piperazine rings is 2. The van der Waals surface area contributed by atoms with Crippen LogP contribution in [0.1, 0.15) is 73.4 Å². The molecule has 4 fully saturated rings. The van der Waals surface area contributed by atoms with Gasteiger partial charge in [-0.3, -0.25) is 14.4 Å². The van der Waals surface area contributed by atoms with Crippen molar-refractivity contribution < 1.29 is 47.3 Å². The maximum absolute atomic E-state index is 17.4. The zero-order chi connectivity index (χ0) is 58.0. The Hall–Kier alpha value is -8.52. The van der Waals surface area contributed by atoms with E-state index in [4.69, 9.17) is 36.2 Å². The van der Waals surface area contributed by atoms with E-state index in [0.29, 0.717) is 62.0 Å². The van der Waals surface area contributed by atoms with E-state index in [2.05, 4.69) is 42.0 Å². The molecule has 424 valence electrons. The van der Waals surface area contributed by atoms with Gasteiger partial charge in [0.05, 0.1) is 31.4 Å². The number of likely N-dealkylation sites (N-methyl/N-ethyl adjacent to an activating group) is 1. The molecule has 4 aliphatic heterocycles. The Balaban J connectivity index is 0.00000167. The molecule has 6 heterocycles. The number of aromatic nitrogens is 3. The third kappa shape index (κ3) is 12.8. The van der Waals surface area contributed by atoms with E-state index in [1.165, 1.54) is 38.3 Å². The molecular formula is C59H66F2N12O8. The maximum atomic E-state index is 17.4. The molecule has 2 N–H and O–H groups in total. The number of pyridine rings is 1. The molecule has 0 radical (unpaired) electrons. The molecule has 0 spiro atoms. The van der Waals surface area contributed by atoms with Gasteiger partial charge >= 0.3 is 6.01 Å². The summed E-state index contributed by atoms with van der Waals surface area (Å²) in [5, 5.41) is 30.6. The molecule has 1 saturated carbocycles. The largest absolute Gasteiger partial charge is 0.508 e. The molecule has 5 aromatic rings. The summed E-state index contributed by atoms with van der Waals surface area (Å²) in [4.78, 5) is 84.4. The first-order valence-electron chi connectivity index (χ1n) is 27.0. The van der Waals surface area contributed by atoms with E-state index in [1.807, 2.05) is 29.9 Å². The molecule has 22 heteroatoms. The monoisotopic (exact) mass is 1110 g/mol. The highest BCUT2D eigenvalue weighted by atomic mass is 19.1. The number of benzene rings is 3. The summed E-state index contributed by atoms with van der Waals surface area (Å²) in [6, 6.07) is 14.2. The number of amides is 3. The first-order chi connectivity index (χ1) is 39.2. The molecule has 3 aromatic carbocycles. The van der Waals surface area contributed by atoms with Crippen LogP contribution in [0.3, 0.4) is 0 Å². The van der Waals surface area contributed by atoms with Crippen LogP contribution in [-0.4, -0.2) is 176 Å². The highest BCUT2D eigenvalue weighted by Gasteiger charge is 2.46. The van der Waals surface area contributed by atoms with Gasteiger partial charge in [-0.25, -0.2) is 13.8 Å². The zero-order valence-electron chi connectivity index (χ0n) is 45.9. The Morgan fingerprint density at radius 2 is 1.64 bits per heavy atom. The minimum Gasteiger partial charge on any atom is -0.508 e. The van der Waals surface area contributed by atoms with Crippen LogP contribution in [0.25, 0.3) is 32.9 Å². The van der Waals surface area contributed by atoms with E-state index < -0.39 is 17.7 Å². The molecule has 3 amide bonds. The van der Waals surface area contributed by atoms with Crippen molar-refractivity contribution in [2.45, 2.75) is 64.5 Å². The van der Waals surface area contributed by atoms with Crippen molar-refractivity contribution in [2.75, 3.05) is 109 Å². The third-order valence-corrected chi connectivity index (χ3v) is 15.9. The number of anilines is 2. The summed E-state index contributed by atoms with van der Waals surface area (Å²) in [5.74, 6) is 0.671. The van der Waals surface area contributed by atoms with Gasteiger partial charge in [0.1, 0.15) is 59.5 Å². The average Bonchev–Trinajstić information content (AvgIpc) is 4.27. The van der Waals surface area contributed by atoms with Crippen LogP contribution in [0, 0.1) is 58.0 Å². The van der Waals surface area contributed by atoms with Gasteiger partial charge in [-0.2, -0.15) is 20.5 Å². The molecule has 81 heavy (non-hydrogen) atoms. The van der Waals surface area contributed by atoms with Crippen molar-refractivity contribution >= 4 is 64.0 Å². The van der Waals surface area contributed by atoms with Crippen molar-refractivity contribution in [1.82, 2.24) is 39.9 Å². The Kier molecular flexibility index (Phi) is 18.9. The fraction of sp³-hybridized carbons (Fsp3) is 0.458. The van der Waals surface area contributed by atoms with Gasteiger partial charge in [0, 0.05) is 133 Å². The van der Waals surface area contributed by atoms with Crippen molar-refractivity contribution in [3.05, 3.63) is 70.8 Å². The number of hydrogen-bond acceptors (Lipinski definition) is 17. The number of aldehydes is 1. The number of fused-ring (bicyclic) bond motifs is 3. The topological polar surface area (TPSA) is 242 Å². The van der Waals surface area contributed by atoms with E-state index in [-0.39, 0.29) is 93.1 Å². The quantitative estimate of drug-likeness (QED) is 0.0867. The second kappa shape index (κ2) is 26.2. The molecule has 1 atom stereocenters. The molecule has 0 bridgehead atoms. The normalized spacial score (nSPS) is 17.3. The Morgan fingerprint density at radius 3 is 2.28 bits per heavy atom. The van der Waals surface area contributed by atoms with Crippen LogP contribution in [-0.2, 0) is 25.7 Å². The van der Waals surface area contributed by atoms with Crippen molar-refractivity contribution in [3.63, 3.8) is 0 Å². The van der Waals surface area contributed by atoms with Gasteiger partial charge in [0.25, 0.3) is 5.91 Å². The Bertz CT molecular complexity index is 3300. The van der Waals surface area contributed by atoms with Gasteiger partial charge < -0.3 is 58.9 Å². The Morgan fingerprint density at radius 1 is 0.938 bits per heavy atom. The lowest BCUT2D eigenvalue weighted by Gasteiger charge is -2.40. The number of halogens is 2. The smallest absolute Gasteiger partial charge is 0.319 e. The van der Waals surface area contributed by atoms with Crippen molar-refractivity contribution in [1.29, 1.82) is 10.5 Å². The van der Waals surface area contributed by atoms with Gasteiger partial charge in [-0.15, -0.1) is 6.42 Å². The number of hydrogen-bond donors (Lipinski definition) is 2. The second-order valence-electron chi connectivity index (χ2n) is 20.9. The van der Waals surface area contributed by atoms with Gasteiger partial charge in [0.2, 0.25) is 17.7 Å². The predicted molar refractivity (Wildman–Crippen MR) is 298 cm³/mol. The van der Waals surface area contributed by atoms with Gasteiger partial charge in [-0.1, -0.05) is 12.0 Å². The van der Waals surface area contributed by atoms with Crippen molar-refractivity contribution in [3.8, 4) is 53.4 Å². The van der Waals surface area contributed by atoms with Crippen LogP contribution in [0.2, 0.25) is 0 Å². The van der Waals surface area contributed by atoms with E-state index in [1.54, 1.807) is 22.9 Å². The highest BCUT2D eigenvalue weighted by Crippen LogP contribution is 2.47. The lowest BCUT2D eigenvalue weighted by atomic mass is 9.95. The summed E-state index contributed by atoms with van der Waals surface area (Å²) in [5.41, 5.74) is 1.91. The first kappa shape index (κ1) is 58.6. The summed E-state index contributed by atoms with van der Waals surface area (Å²) in [6.07, 6.45) is 10.8. The molecule has 5 aliphatic rings. The molecule has 1 aliphatic carbocycles. The lowest BCUT2D eigenvalue weighted by molar-refractivity contribution is -0.130. The summed E-state index contributed by atoms with van der Waals surface area (Å²) in [6.45, 7) is 12.7. The maximum Gasteiger partial charge on any atom is 0.319 e.